The molecule has 0 heterocycles. The van der Waals surface area contributed by atoms with Crippen molar-refractivity contribution in [1.29, 1.82) is 0 Å². The van der Waals surface area contributed by atoms with Crippen LogP contribution in [0.25, 0.3) is 0 Å². The summed E-state index contributed by atoms with van der Waals surface area (Å²) in [7, 11) is 0. The standard InChI is InChI=1S/C16H26O/c1-12(2)14(4)9-8-13(3)10-15-6-5-7-16(17)11-15/h11,13H,5-10H2,1-4H3. The molecule has 0 aromatic rings. The molecule has 0 N–H and O–H groups in total. The van der Waals surface area contributed by atoms with Gasteiger partial charge in [0.25, 0.3) is 0 Å². The van der Waals surface area contributed by atoms with E-state index in [-0.39, 0.29) is 0 Å². The van der Waals surface area contributed by atoms with E-state index in [4.69, 9.17) is 0 Å². The lowest BCUT2D eigenvalue weighted by Gasteiger charge is -2.17. The molecule has 96 valence electrons. The van der Waals surface area contributed by atoms with Gasteiger partial charge in [0, 0.05) is 6.42 Å². The van der Waals surface area contributed by atoms with Crippen LogP contribution in [0, 0.1) is 5.92 Å². The first kappa shape index (κ1) is 14.2. The number of hydrogen-bond acceptors (Lipinski definition) is 1. The molecule has 0 radical (unpaired) electrons. The molecule has 0 fully saturated rings. The van der Waals surface area contributed by atoms with Crippen LogP contribution in [-0.4, -0.2) is 5.78 Å². The van der Waals surface area contributed by atoms with Crippen molar-refractivity contribution in [2.75, 3.05) is 0 Å². The molecule has 0 saturated carbocycles. The Morgan fingerprint density at radius 3 is 2.59 bits per heavy atom. The smallest absolute Gasteiger partial charge is 0.155 e. The van der Waals surface area contributed by atoms with Crippen LogP contribution >= 0.6 is 0 Å². The largest absolute Gasteiger partial charge is 0.295 e. The molecule has 0 saturated heterocycles. The molecule has 1 unspecified atom stereocenters. The van der Waals surface area contributed by atoms with Gasteiger partial charge in [0.05, 0.1) is 0 Å². The van der Waals surface area contributed by atoms with Gasteiger partial charge in [-0.3, -0.25) is 4.79 Å². The second-order valence-corrected chi connectivity index (χ2v) is 5.75. The lowest BCUT2D eigenvalue weighted by molar-refractivity contribution is -0.115. The Hall–Kier alpha value is -0.850. The van der Waals surface area contributed by atoms with E-state index >= 15 is 0 Å². The summed E-state index contributed by atoms with van der Waals surface area (Å²) >= 11 is 0. The summed E-state index contributed by atoms with van der Waals surface area (Å²) in [5.41, 5.74) is 4.35. The number of rotatable bonds is 5. The summed E-state index contributed by atoms with van der Waals surface area (Å²) in [5.74, 6) is 1.03. The van der Waals surface area contributed by atoms with Crippen molar-refractivity contribution in [2.45, 2.75) is 66.2 Å². The highest BCUT2D eigenvalue weighted by Gasteiger charge is 2.12. The molecule has 1 aliphatic rings. The molecule has 1 heteroatoms. The van der Waals surface area contributed by atoms with Crippen molar-refractivity contribution in [2.24, 2.45) is 5.92 Å². The van der Waals surface area contributed by atoms with Gasteiger partial charge in [-0.1, -0.05) is 23.6 Å². The lowest BCUT2D eigenvalue weighted by atomic mass is 9.88. The van der Waals surface area contributed by atoms with Gasteiger partial charge < -0.3 is 0 Å². The second kappa shape index (κ2) is 6.78. The fourth-order valence-electron chi connectivity index (χ4n) is 2.29. The molecule has 0 aromatic carbocycles. The van der Waals surface area contributed by atoms with E-state index in [1.807, 2.05) is 6.08 Å². The Kier molecular flexibility index (Phi) is 5.67. The zero-order valence-corrected chi connectivity index (χ0v) is 11.8. The Morgan fingerprint density at radius 1 is 1.29 bits per heavy atom. The summed E-state index contributed by atoms with van der Waals surface area (Å²) in [5, 5.41) is 0. The van der Waals surface area contributed by atoms with E-state index in [0.717, 1.165) is 25.7 Å². The van der Waals surface area contributed by atoms with Crippen LogP contribution in [0.4, 0.5) is 0 Å². The zero-order valence-electron chi connectivity index (χ0n) is 11.8. The SMILES string of the molecule is CC(C)=C(C)CCC(C)CC1=CC(=O)CCC1. The van der Waals surface area contributed by atoms with Gasteiger partial charge in [0.2, 0.25) is 0 Å². The third-order valence-electron chi connectivity index (χ3n) is 3.76. The molecule has 1 nitrogen and oxygen atoms in total. The highest BCUT2D eigenvalue weighted by Crippen LogP contribution is 2.25. The average molecular weight is 234 g/mol. The molecule has 17 heavy (non-hydrogen) atoms. The number of hydrogen-bond donors (Lipinski definition) is 0. The van der Waals surface area contributed by atoms with Crippen LogP contribution in [0.1, 0.15) is 66.2 Å². The van der Waals surface area contributed by atoms with E-state index in [9.17, 15) is 4.79 Å². The Morgan fingerprint density at radius 2 is 2.00 bits per heavy atom. The minimum Gasteiger partial charge on any atom is -0.295 e. The van der Waals surface area contributed by atoms with Crippen LogP contribution in [0.5, 0.6) is 0 Å². The topological polar surface area (TPSA) is 17.1 Å². The third-order valence-corrected chi connectivity index (χ3v) is 3.76. The Balaban J connectivity index is 2.37. The number of ketones is 1. The van der Waals surface area contributed by atoms with E-state index < -0.39 is 0 Å². The first-order valence-electron chi connectivity index (χ1n) is 6.84. The fraction of sp³-hybridized carbons (Fsp3) is 0.688. The van der Waals surface area contributed by atoms with Crippen LogP contribution in [0.3, 0.4) is 0 Å². The van der Waals surface area contributed by atoms with Gasteiger partial charge in [-0.05, 0) is 64.9 Å². The second-order valence-electron chi connectivity index (χ2n) is 5.75. The lowest BCUT2D eigenvalue weighted by Crippen LogP contribution is -2.06. The number of carbonyl (C=O) groups excluding carboxylic acids is 1. The van der Waals surface area contributed by atoms with Crippen molar-refractivity contribution in [1.82, 2.24) is 0 Å². The zero-order chi connectivity index (χ0) is 12.8. The van der Waals surface area contributed by atoms with Gasteiger partial charge in [0.1, 0.15) is 0 Å². The molecule has 1 rings (SSSR count). The summed E-state index contributed by atoms with van der Waals surface area (Å²) < 4.78 is 0. The highest BCUT2D eigenvalue weighted by atomic mass is 16.1. The molecular weight excluding hydrogens is 208 g/mol. The monoisotopic (exact) mass is 234 g/mol. The van der Waals surface area contributed by atoms with Gasteiger partial charge in [-0.15, -0.1) is 0 Å². The molecule has 0 amide bonds. The molecule has 1 aliphatic carbocycles. The summed E-state index contributed by atoms with van der Waals surface area (Å²) in [6.45, 7) is 8.90. The summed E-state index contributed by atoms with van der Waals surface area (Å²) in [6.07, 6.45) is 8.40. The minimum absolute atomic E-state index is 0.332. The van der Waals surface area contributed by atoms with E-state index in [1.54, 1.807) is 0 Å². The quantitative estimate of drug-likeness (QED) is 0.623. The van der Waals surface area contributed by atoms with Crippen molar-refractivity contribution >= 4 is 5.78 Å². The summed E-state index contributed by atoms with van der Waals surface area (Å²) in [6, 6.07) is 0. The van der Waals surface area contributed by atoms with E-state index in [1.165, 1.54) is 29.6 Å². The van der Waals surface area contributed by atoms with Crippen LogP contribution < -0.4 is 0 Å². The normalized spacial score (nSPS) is 17.6. The predicted molar refractivity (Wildman–Crippen MR) is 74.0 cm³/mol. The molecule has 0 aliphatic heterocycles. The van der Waals surface area contributed by atoms with Crippen LogP contribution in [0.15, 0.2) is 22.8 Å². The first-order chi connectivity index (χ1) is 7.99. The van der Waals surface area contributed by atoms with Crippen molar-refractivity contribution < 1.29 is 4.79 Å². The molecule has 0 aromatic heterocycles. The fourth-order valence-corrected chi connectivity index (χ4v) is 2.29. The average Bonchev–Trinajstić information content (AvgIpc) is 2.25. The minimum atomic E-state index is 0.332. The highest BCUT2D eigenvalue weighted by molar-refractivity contribution is 5.91. The Bertz CT molecular complexity index is 329. The molecule has 1 atom stereocenters. The maximum atomic E-state index is 11.3. The number of carbonyl (C=O) groups is 1. The summed E-state index contributed by atoms with van der Waals surface area (Å²) in [4.78, 5) is 11.3. The van der Waals surface area contributed by atoms with Gasteiger partial charge in [-0.25, -0.2) is 0 Å². The van der Waals surface area contributed by atoms with Gasteiger partial charge >= 0.3 is 0 Å². The van der Waals surface area contributed by atoms with Crippen molar-refractivity contribution in [3.63, 3.8) is 0 Å². The predicted octanol–water partition coefficient (Wildman–Crippen LogP) is 4.83. The van der Waals surface area contributed by atoms with E-state index in [2.05, 4.69) is 27.7 Å². The Labute approximate surface area is 106 Å². The number of allylic oxidation sites excluding steroid dienone is 4. The molecule has 0 bridgehead atoms. The van der Waals surface area contributed by atoms with E-state index in [0.29, 0.717) is 11.7 Å². The van der Waals surface area contributed by atoms with Gasteiger partial charge in [-0.2, -0.15) is 0 Å². The molecular formula is C16H26O. The van der Waals surface area contributed by atoms with Crippen molar-refractivity contribution in [3.8, 4) is 0 Å². The van der Waals surface area contributed by atoms with Crippen molar-refractivity contribution in [3.05, 3.63) is 22.8 Å². The maximum absolute atomic E-state index is 11.3. The van der Waals surface area contributed by atoms with Crippen LogP contribution in [-0.2, 0) is 4.79 Å². The third kappa shape index (κ3) is 5.34. The van der Waals surface area contributed by atoms with Crippen LogP contribution in [0.2, 0.25) is 0 Å². The maximum Gasteiger partial charge on any atom is 0.155 e. The van der Waals surface area contributed by atoms with Gasteiger partial charge in [0.15, 0.2) is 5.78 Å². The molecule has 0 spiro atoms. The first-order valence-corrected chi connectivity index (χ1v) is 6.84.